The van der Waals surface area contributed by atoms with Gasteiger partial charge in [-0.1, -0.05) is 0 Å². The molecule has 1 saturated carbocycles. The quantitative estimate of drug-likeness (QED) is 0.683. The second kappa shape index (κ2) is 6.83. The molecule has 0 bridgehead atoms. The fourth-order valence-corrected chi connectivity index (χ4v) is 2.11. The molecule has 7 heteroatoms. The van der Waals surface area contributed by atoms with Crippen molar-refractivity contribution in [2.75, 3.05) is 0 Å². The summed E-state index contributed by atoms with van der Waals surface area (Å²) in [5, 5.41) is 12.6. The molecule has 0 spiro atoms. The topological polar surface area (TPSA) is 96.9 Å². The predicted molar refractivity (Wildman–Crippen MR) is 80.9 cm³/mol. The smallest absolute Gasteiger partial charge is 0.407 e. The van der Waals surface area contributed by atoms with Crippen LogP contribution in [0, 0.1) is 5.92 Å². The van der Waals surface area contributed by atoms with Crippen LogP contribution in [0.4, 0.5) is 4.79 Å². The van der Waals surface area contributed by atoms with Gasteiger partial charge in [0.2, 0.25) is 0 Å². The van der Waals surface area contributed by atoms with Crippen LogP contribution in [-0.2, 0) is 14.4 Å². The Balaban J connectivity index is 2.48. The maximum absolute atomic E-state index is 12.0. The minimum absolute atomic E-state index is 0.255. The molecule has 0 aliphatic heterocycles. The normalized spacial score (nSPS) is 25.7. The lowest BCUT2D eigenvalue weighted by molar-refractivity contribution is -0.160. The molecule has 3 N–H and O–H groups in total. The summed E-state index contributed by atoms with van der Waals surface area (Å²) in [5.74, 6) is -0.882. The summed E-state index contributed by atoms with van der Waals surface area (Å²) in [4.78, 5) is 28.7. The van der Waals surface area contributed by atoms with Crippen molar-refractivity contribution in [3.05, 3.63) is 0 Å². The van der Waals surface area contributed by atoms with Crippen LogP contribution in [0.2, 0.25) is 0 Å². The summed E-state index contributed by atoms with van der Waals surface area (Å²) in [6, 6.07) is -0.512. The lowest BCUT2D eigenvalue weighted by atomic mass is 10.1. The first-order valence-corrected chi connectivity index (χ1v) is 7.53. The number of rotatable bonds is 3. The molecule has 0 saturated heterocycles. The maximum Gasteiger partial charge on any atom is 0.407 e. The number of aliphatic hydroxyl groups excluding tert-OH is 1. The van der Waals surface area contributed by atoms with Crippen molar-refractivity contribution in [1.29, 1.82) is 0 Å². The molecule has 3 atom stereocenters. The van der Waals surface area contributed by atoms with E-state index < -0.39 is 35.7 Å². The van der Waals surface area contributed by atoms with Gasteiger partial charge in [0.05, 0.1) is 18.1 Å². The molecular weight excluding hydrogens is 288 g/mol. The van der Waals surface area contributed by atoms with Gasteiger partial charge >= 0.3 is 12.1 Å². The van der Waals surface area contributed by atoms with Gasteiger partial charge in [0.15, 0.2) is 0 Å². The lowest BCUT2D eigenvalue weighted by Gasteiger charge is -2.23. The number of hydrogen-bond acceptors (Lipinski definition) is 6. The fraction of sp³-hybridized carbons (Fsp3) is 0.867. The Morgan fingerprint density at radius 1 is 1.09 bits per heavy atom. The van der Waals surface area contributed by atoms with E-state index in [2.05, 4.69) is 10.8 Å². The third kappa shape index (κ3) is 6.62. The summed E-state index contributed by atoms with van der Waals surface area (Å²) in [5.41, 5.74) is 1.70. The molecule has 1 aliphatic rings. The molecule has 128 valence electrons. The third-order valence-electron chi connectivity index (χ3n) is 3.02. The Morgan fingerprint density at radius 2 is 1.68 bits per heavy atom. The first-order chi connectivity index (χ1) is 9.87. The molecule has 1 fully saturated rings. The number of amides is 1. The van der Waals surface area contributed by atoms with Crippen LogP contribution in [-0.4, -0.2) is 40.5 Å². The summed E-state index contributed by atoms with van der Waals surface area (Å²) in [6.45, 7) is 10.9. The van der Waals surface area contributed by atoms with Crippen molar-refractivity contribution in [3.8, 4) is 0 Å². The van der Waals surface area contributed by atoms with E-state index in [1.165, 1.54) is 0 Å². The van der Waals surface area contributed by atoms with Crippen LogP contribution < -0.4 is 10.8 Å². The van der Waals surface area contributed by atoms with E-state index in [1.807, 2.05) is 20.8 Å². The number of alkyl carbamates (subject to hydrolysis) is 1. The Morgan fingerprint density at radius 3 is 2.18 bits per heavy atom. The number of aliphatic hydroxyl groups is 1. The van der Waals surface area contributed by atoms with Crippen molar-refractivity contribution in [2.45, 2.75) is 77.7 Å². The van der Waals surface area contributed by atoms with E-state index in [0.717, 1.165) is 0 Å². The fourth-order valence-electron chi connectivity index (χ4n) is 2.11. The van der Waals surface area contributed by atoms with Gasteiger partial charge in [0, 0.05) is 5.54 Å². The monoisotopic (exact) mass is 316 g/mol. The van der Waals surface area contributed by atoms with E-state index in [9.17, 15) is 14.7 Å². The van der Waals surface area contributed by atoms with Crippen LogP contribution >= 0.6 is 0 Å². The first kappa shape index (κ1) is 18.7. The third-order valence-corrected chi connectivity index (χ3v) is 3.02. The highest BCUT2D eigenvalue weighted by Gasteiger charge is 2.39. The van der Waals surface area contributed by atoms with Gasteiger partial charge in [-0.2, -0.15) is 0 Å². The number of hydroxylamine groups is 1. The van der Waals surface area contributed by atoms with E-state index in [0.29, 0.717) is 6.42 Å². The number of hydrogen-bond donors (Lipinski definition) is 3. The van der Waals surface area contributed by atoms with Gasteiger partial charge in [0.25, 0.3) is 0 Å². The Bertz CT molecular complexity index is 411. The highest BCUT2D eigenvalue weighted by Crippen LogP contribution is 2.27. The highest BCUT2D eigenvalue weighted by atomic mass is 16.7. The number of ether oxygens (including phenoxy) is 1. The predicted octanol–water partition coefficient (Wildman–Crippen LogP) is 1.50. The van der Waals surface area contributed by atoms with Gasteiger partial charge in [-0.05, 0) is 54.4 Å². The van der Waals surface area contributed by atoms with Crippen LogP contribution in [0.25, 0.3) is 0 Å². The molecule has 0 aromatic rings. The second-order valence-corrected chi connectivity index (χ2v) is 7.76. The minimum atomic E-state index is -0.792. The largest absolute Gasteiger partial charge is 0.444 e. The van der Waals surface area contributed by atoms with Gasteiger partial charge in [0.1, 0.15) is 5.60 Å². The molecule has 22 heavy (non-hydrogen) atoms. The first-order valence-electron chi connectivity index (χ1n) is 7.53. The second-order valence-electron chi connectivity index (χ2n) is 7.76. The molecule has 1 rings (SSSR count). The van der Waals surface area contributed by atoms with Crippen LogP contribution in [0.3, 0.4) is 0 Å². The minimum Gasteiger partial charge on any atom is -0.444 e. The van der Waals surface area contributed by atoms with Gasteiger partial charge < -0.3 is 20.0 Å². The van der Waals surface area contributed by atoms with Crippen molar-refractivity contribution < 1.29 is 24.3 Å². The number of nitrogens with one attached hydrogen (secondary N) is 2. The number of carbonyl (C=O) groups is 2. The molecule has 0 heterocycles. The standard InChI is InChI=1S/C15H28N2O5/c1-14(2,3)17-22-12(19)9-7-10(11(18)8-9)16-13(20)21-15(4,5)6/h9-11,17-18H,7-8H2,1-6H3,(H,16,20)/t9-,10+,11-/m1/s1. The molecule has 0 unspecified atom stereocenters. The molecule has 1 amide bonds. The van der Waals surface area contributed by atoms with Gasteiger partial charge in [-0.3, -0.25) is 4.79 Å². The van der Waals surface area contributed by atoms with Crippen molar-refractivity contribution in [1.82, 2.24) is 10.8 Å². The Kier molecular flexibility index (Phi) is 5.81. The van der Waals surface area contributed by atoms with Crippen LogP contribution in [0.1, 0.15) is 54.4 Å². The maximum atomic E-state index is 12.0. The highest BCUT2D eigenvalue weighted by molar-refractivity contribution is 5.73. The summed E-state index contributed by atoms with van der Waals surface area (Å²) < 4.78 is 5.15. The average molecular weight is 316 g/mol. The molecule has 7 nitrogen and oxygen atoms in total. The van der Waals surface area contributed by atoms with Crippen molar-refractivity contribution in [2.24, 2.45) is 5.92 Å². The molecule has 0 aromatic heterocycles. The van der Waals surface area contributed by atoms with E-state index in [4.69, 9.17) is 9.57 Å². The zero-order chi connectivity index (χ0) is 17.1. The Labute approximate surface area is 131 Å². The Hall–Kier alpha value is -1.34. The summed E-state index contributed by atoms with van der Waals surface area (Å²) >= 11 is 0. The van der Waals surface area contributed by atoms with Crippen molar-refractivity contribution >= 4 is 12.1 Å². The zero-order valence-electron chi connectivity index (χ0n) is 14.2. The van der Waals surface area contributed by atoms with E-state index in [1.54, 1.807) is 20.8 Å². The van der Waals surface area contributed by atoms with E-state index in [-0.39, 0.29) is 12.0 Å². The van der Waals surface area contributed by atoms with Gasteiger partial charge in [-0.25, -0.2) is 4.79 Å². The number of carbonyl (C=O) groups excluding carboxylic acids is 2. The van der Waals surface area contributed by atoms with Crippen LogP contribution in [0.15, 0.2) is 0 Å². The lowest BCUT2D eigenvalue weighted by Crippen LogP contribution is -2.43. The summed E-state index contributed by atoms with van der Waals surface area (Å²) in [6.07, 6.45) is -0.811. The molecule has 0 radical (unpaired) electrons. The zero-order valence-corrected chi connectivity index (χ0v) is 14.2. The molecule has 0 aromatic carbocycles. The summed E-state index contributed by atoms with van der Waals surface area (Å²) in [7, 11) is 0. The van der Waals surface area contributed by atoms with E-state index >= 15 is 0 Å². The molecular formula is C15H28N2O5. The SMILES string of the molecule is CC(C)(C)NOC(=O)[C@H]1C[C@@H](O)[C@@H](NC(=O)OC(C)(C)C)C1. The average Bonchev–Trinajstić information content (AvgIpc) is 2.64. The van der Waals surface area contributed by atoms with Crippen LogP contribution in [0.5, 0.6) is 0 Å². The van der Waals surface area contributed by atoms with Gasteiger partial charge in [-0.15, -0.1) is 5.48 Å². The molecule has 1 aliphatic carbocycles. The van der Waals surface area contributed by atoms with Crippen molar-refractivity contribution in [3.63, 3.8) is 0 Å².